The van der Waals surface area contributed by atoms with Crippen LogP contribution in [0.1, 0.15) is 0 Å². The summed E-state index contributed by atoms with van der Waals surface area (Å²) in [6.45, 7) is 0.0144. The molecule has 0 aliphatic carbocycles. The molecular weight excluding hydrogens is 277 g/mol. The third-order valence-electron chi connectivity index (χ3n) is 2.84. The summed E-state index contributed by atoms with van der Waals surface area (Å²) < 4.78 is 28.4. The molecule has 1 amide bonds. The predicted molar refractivity (Wildman–Crippen MR) is 73.1 cm³/mol. The van der Waals surface area contributed by atoms with Gasteiger partial charge in [-0.05, 0) is 36.4 Å². The fourth-order valence-electron chi connectivity index (χ4n) is 1.85. The number of carbonyl (C=O) groups is 1. The van der Waals surface area contributed by atoms with E-state index >= 15 is 0 Å². The van der Waals surface area contributed by atoms with E-state index in [1.165, 1.54) is 24.3 Å². The number of halogens is 1. The Labute approximate surface area is 120 Å². The second kappa shape index (κ2) is 5.70. The van der Waals surface area contributed by atoms with Crippen LogP contribution in [-0.2, 0) is 4.79 Å². The van der Waals surface area contributed by atoms with Crippen LogP contribution >= 0.6 is 0 Å². The summed E-state index contributed by atoms with van der Waals surface area (Å²) in [5.41, 5.74) is 0.590. The van der Waals surface area contributed by atoms with Gasteiger partial charge in [0.2, 0.25) is 6.79 Å². The summed E-state index contributed by atoms with van der Waals surface area (Å²) in [6.07, 6.45) is 0. The minimum Gasteiger partial charge on any atom is -0.484 e. The predicted octanol–water partition coefficient (Wildman–Crippen LogP) is 2.57. The smallest absolute Gasteiger partial charge is 0.262 e. The lowest BCUT2D eigenvalue weighted by Gasteiger charge is -2.08. The number of carbonyl (C=O) groups excluding carboxylic acids is 1. The molecule has 0 aromatic heterocycles. The molecule has 3 rings (SSSR count). The van der Waals surface area contributed by atoms with Crippen LogP contribution in [0.25, 0.3) is 0 Å². The summed E-state index contributed by atoms with van der Waals surface area (Å²) in [5.74, 6) is 0.991. The molecule has 0 radical (unpaired) electrons. The van der Waals surface area contributed by atoms with Crippen molar-refractivity contribution in [2.24, 2.45) is 0 Å². The molecule has 1 N–H and O–H groups in total. The van der Waals surface area contributed by atoms with Crippen LogP contribution in [-0.4, -0.2) is 19.3 Å². The van der Waals surface area contributed by atoms with Gasteiger partial charge < -0.3 is 19.5 Å². The molecule has 6 heteroatoms. The highest BCUT2D eigenvalue weighted by atomic mass is 19.1. The second-order valence-electron chi connectivity index (χ2n) is 4.36. The van der Waals surface area contributed by atoms with Gasteiger partial charge in [0.15, 0.2) is 18.1 Å². The molecule has 0 unspecified atom stereocenters. The minimum atomic E-state index is -0.354. The number of rotatable bonds is 4. The molecule has 0 saturated heterocycles. The summed E-state index contributed by atoms with van der Waals surface area (Å²) in [5, 5.41) is 2.68. The van der Waals surface area contributed by atoms with Crippen LogP contribution in [0, 0.1) is 5.82 Å². The van der Waals surface area contributed by atoms with Crippen LogP contribution in [0.4, 0.5) is 10.1 Å². The van der Waals surface area contributed by atoms with E-state index in [1.54, 1.807) is 18.2 Å². The number of nitrogens with one attached hydrogen (secondary N) is 1. The maximum Gasteiger partial charge on any atom is 0.262 e. The fraction of sp³-hybridized carbons (Fsp3) is 0.133. The number of amides is 1. The van der Waals surface area contributed by atoms with Gasteiger partial charge >= 0.3 is 0 Å². The first-order chi connectivity index (χ1) is 10.2. The van der Waals surface area contributed by atoms with Crippen molar-refractivity contribution in [1.29, 1.82) is 0 Å². The Bertz CT molecular complexity index is 657. The van der Waals surface area contributed by atoms with Crippen molar-refractivity contribution in [2.75, 3.05) is 18.7 Å². The van der Waals surface area contributed by atoms with E-state index in [-0.39, 0.29) is 25.1 Å². The van der Waals surface area contributed by atoms with E-state index in [0.717, 1.165) is 0 Å². The lowest BCUT2D eigenvalue weighted by molar-refractivity contribution is -0.118. The number of hydrogen-bond acceptors (Lipinski definition) is 4. The average Bonchev–Trinajstić information content (AvgIpc) is 2.94. The first-order valence-electron chi connectivity index (χ1n) is 6.28. The zero-order valence-corrected chi connectivity index (χ0v) is 11.0. The van der Waals surface area contributed by atoms with Gasteiger partial charge in [-0.2, -0.15) is 0 Å². The van der Waals surface area contributed by atoms with E-state index in [1.807, 2.05) is 0 Å². The van der Waals surface area contributed by atoms with Gasteiger partial charge in [0.1, 0.15) is 11.6 Å². The fourth-order valence-corrected chi connectivity index (χ4v) is 1.85. The van der Waals surface area contributed by atoms with Gasteiger partial charge in [-0.3, -0.25) is 4.79 Å². The molecule has 108 valence electrons. The number of hydrogen-bond donors (Lipinski definition) is 1. The van der Waals surface area contributed by atoms with Crippen molar-refractivity contribution in [2.45, 2.75) is 0 Å². The summed E-state index contributed by atoms with van der Waals surface area (Å²) in [6, 6.07) is 10.6. The maximum absolute atomic E-state index is 12.7. The topological polar surface area (TPSA) is 56.8 Å². The molecule has 1 aliphatic rings. The van der Waals surface area contributed by atoms with E-state index in [4.69, 9.17) is 14.2 Å². The van der Waals surface area contributed by atoms with Crippen LogP contribution in [0.5, 0.6) is 17.2 Å². The van der Waals surface area contributed by atoms with Gasteiger partial charge in [0, 0.05) is 11.8 Å². The molecule has 2 aromatic rings. The van der Waals surface area contributed by atoms with Crippen LogP contribution in [0.2, 0.25) is 0 Å². The highest BCUT2D eigenvalue weighted by Gasteiger charge is 2.14. The number of fused-ring (bicyclic) bond motifs is 1. The van der Waals surface area contributed by atoms with Crippen molar-refractivity contribution in [3.05, 3.63) is 48.3 Å². The highest BCUT2D eigenvalue weighted by Crippen LogP contribution is 2.34. The van der Waals surface area contributed by atoms with Crippen LogP contribution < -0.4 is 19.5 Å². The number of anilines is 1. The highest BCUT2D eigenvalue weighted by molar-refractivity contribution is 5.92. The Morgan fingerprint density at radius 3 is 2.71 bits per heavy atom. The Kier molecular flexibility index (Phi) is 3.59. The Hall–Kier alpha value is -2.76. The summed E-state index contributed by atoms with van der Waals surface area (Å²) in [7, 11) is 0. The van der Waals surface area contributed by atoms with E-state index in [9.17, 15) is 9.18 Å². The summed E-state index contributed by atoms with van der Waals surface area (Å²) in [4.78, 5) is 11.8. The largest absolute Gasteiger partial charge is 0.484 e. The molecule has 1 heterocycles. The lowest BCUT2D eigenvalue weighted by atomic mass is 10.3. The van der Waals surface area contributed by atoms with Crippen molar-refractivity contribution in [3.8, 4) is 17.2 Å². The molecule has 0 fully saturated rings. The van der Waals surface area contributed by atoms with Gasteiger partial charge in [0.05, 0.1) is 0 Å². The standard InChI is InChI=1S/C15H12FNO4/c16-10-1-4-12(5-2-10)19-8-15(18)17-11-3-6-13-14(7-11)21-9-20-13/h1-7H,8-9H2,(H,17,18). The minimum absolute atomic E-state index is 0.167. The zero-order chi connectivity index (χ0) is 14.7. The molecule has 2 aromatic carbocycles. The summed E-state index contributed by atoms with van der Waals surface area (Å²) >= 11 is 0. The third-order valence-corrected chi connectivity index (χ3v) is 2.84. The van der Waals surface area contributed by atoms with E-state index < -0.39 is 0 Å². The maximum atomic E-state index is 12.7. The van der Waals surface area contributed by atoms with Crippen LogP contribution in [0.15, 0.2) is 42.5 Å². The molecule has 0 saturated carbocycles. The Morgan fingerprint density at radius 1 is 1.14 bits per heavy atom. The molecule has 5 nitrogen and oxygen atoms in total. The first-order valence-corrected chi connectivity index (χ1v) is 6.28. The molecular formula is C15H12FNO4. The molecule has 0 atom stereocenters. The lowest BCUT2D eigenvalue weighted by Crippen LogP contribution is -2.20. The van der Waals surface area contributed by atoms with Crippen molar-refractivity contribution in [1.82, 2.24) is 0 Å². The Morgan fingerprint density at radius 2 is 1.90 bits per heavy atom. The van der Waals surface area contributed by atoms with E-state index in [0.29, 0.717) is 22.9 Å². The second-order valence-corrected chi connectivity index (χ2v) is 4.36. The molecule has 21 heavy (non-hydrogen) atoms. The number of benzene rings is 2. The molecule has 1 aliphatic heterocycles. The average molecular weight is 289 g/mol. The quantitative estimate of drug-likeness (QED) is 0.940. The molecule has 0 bridgehead atoms. The van der Waals surface area contributed by atoms with Crippen molar-refractivity contribution < 1.29 is 23.4 Å². The van der Waals surface area contributed by atoms with Crippen molar-refractivity contribution >= 4 is 11.6 Å². The first kappa shape index (κ1) is 13.2. The zero-order valence-electron chi connectivity index (χ0n) is 11.0. The number of ether oxygens (including phenoxy) is 3. The van der Waals surface area contributed by atoms with Gasteiger partial charge in [-0.15, -0.1) is 0 Å². The molecule has 0 spiro atoms. The van der Waals surface area contributed by atoms with E-state index in [2.05, 4.69) is 5.32 Å². The van der Waals surface area contributed by atoms with Crippen LogP contribution in [0.3, 0.4) is 0 Å². The monoisotopic (exact) mass is 289 g/mol. The normalized spacial score (nSPS) is 12.0. The van der Waals surface area contributed by atoms with Gasteiger partial charge in [0.25, 0.3) is 5.91 Å². The van der Waals surface area contributed by atoms with Gasteiger partial charge in [-0.1, -0.05) is 0 Å². The SMILES string of the molecule is O=C(COc1ccc(F)cc1)Nc1ccc2c(c1)OCO2. The van der Waals surface area contributed by atoms with Gasteiger partial charge in [-0.25, -0.2) is 4.39 Å². The third kappa shape index (κ3) is 3.22. The van der Waals surface area contributed by atoms with Crippen molar-refractivity contribution in [3.63, 3.8) is 0 Å². The Balaban J connectivity index is 1.55.